The van der Waals surface area contributed by atoms with E-state index in [1.807, 2.05) is 17.6 Å². The number of aromatic nitrogens is 3. The molecule has 0 unspecified atom stereocenters. The van der Waals surface area contributed by atoms with Crippen LogP contribution in [0.3, 0.4) is 0 Å². The minimum absolute atomic E-state index is 0.0373. The molecule has 0 radical (unpaired) electrons. The molecule has 10 heteroatoms. The predicted octanol–water partition coefficient (Wildman–Crippen LogP) is 5.07. The van der Waals surface area contributed by atoms with Crippen LogP contribution < -0.4 is 0 Å². The Bertz CT molecular complexity index is 1230. The van der Waals surface area contributed by atoms with Crippen LogP contribution >= 0.6 is 11.8 Å². The molecule has 0 saturated carbocycles. The molecule has 0 bridgehead atoms. The summed E-state index contributed by atoms with van der Waals surface area (Å²) in [6.07, 6.45) is 3.13. The van der Waals surface area contributed by atoms with Gasteiger partial charge in [0.15, 0.2) is 16.7 Å². The van der Waals surface area contributed by atoms with Gasteiger partial charge in [-0.25, -0.2) is 0 Å². The van der Waals surface area contributed by atoms with E-state index in [0.29, 0.717) is 34.5 Å². The predicted molar refractivity (Wildman–Crippen MR) is 116 cm³/mol. The Kier molecular flexibility index (Phi) is 5.80. The van der Waals surface area contributed by atoms with Gasteiger partial charge in [-0.2, -0.15) is 0 Å². The molecule has 0 saturated heterocycles. The first-order valence-electron chi connectivity index (χ1n) is 9.31. The van der Waals surface area contributed by atoms with Gasteiger partial charge in [-0.3, -0.25) is 19.7 Å². The first-order chi connectivity index (χ1) is 15.0. The molecule has 0 atom stereocenters. The van der Waals surface area contributed by atoms with E-state index < -0.39 is 4.92 Å². The van der Waals surface area contributed by atoms with Gasteiger partial charge in [0.05, 0.1) is 16.9 Å². The van der Waals surface area contributed by atoms with Crippen LogP contribution in [-0.4, -0.2) is 31.0 Å². The van der Waals surface area contributed by atoms with Crippen molar-refractivity contribution in [1.29, 1.82) is 0 Å². The number of phenols is 1. The van der Waals surface area contributed by atoms with Gasteiger partial charge in [-0.05, 0) is 61.2 Å². The standard InChI is InChI=1S/C21H17N5O4S/c1-2-25-20(18-4-3-11-30-18)23-24-21(25)31-19-10-7-16(26(28)29)12-14(19)13-22-15-5-8-17(27)9-6-15/h3-13,27H,2H2,1H3. The van der Waals surface area contributed by atoms with E-state index in [1.54, 1.807) is 36.7 Å². The second kappa shape index (κ2) is 8.84. The van der Waals surface area contributed by atoms with Crippen LogP contribution in [-0.2, 0) is 6.54 Å². The maximum atomic E-state index is 11.3. The zero-order chi connectivity index (χ0) is 21.8. The van der Waals surface area contributed by atoms with Gasteiger partial charge in [0.2, 0.25) is 0 Å². The van der Waals surface area contributed by atoms with Crippen molar-refractivity contribution in [2.45, 2.75) is 23.5 Å². The molecule has 0 aliphatic heterocycles. The highest BCUT2D eigenvalue weighted by Crippen LogP contribution is 2.33. The molecule has 0 spiro atoms. The summed E-state index contributed by atoms with van der Waals surface area (Å²) in [5, 5.41) is 29.8. The largest absolute Gasteiger partial charge is 0.508 e. The molecule has 4 rings (SSSR count). The number of hydrogen-bond acceptors (Lipinski definition) is 8. The third-order valence-electron chi connectivity index (χ3n) is 4.38. The van der Waals surface area contributed by atoms with Crippen molar-refractivity contribution >= 4 is 29.4 Å². The van der Waals surface area contributed by atoms with Gasteiger partial charge in [-0.15, -0.1) is 10.2 Å². The lowest BCUT2D eigenvalue weighted by molar-refractivity contribution is -0.384. The van der Waals surface area contributed by atoms with Crippen LogP contribution in [0, 0.1) is 10.1 Å². The van der Waals surface area contributed by atoms with E-state index >= 15 is 0 Å². The van der Waals surface area contributed by atoms with Gasteiger partial charge < -0.3 is 9.52 Å². The molecule has 0 aliphatic carbocycles. The van der Waals surface area contributed by atoms with Crippen molar-refractivity contribution < 1.29 is 14.4 Å². The van der Waals surface area contributed by atoms with Crippen LogP contribution in [0.4, 0.5) is 11.4 Å². The first-order valence-corrected chi connectivity index (χ1v) is 10.1. The average Bonchev–Trinajstić information content (AvgIpc) is 3.43. The molecule has 0 aliphatic rings. The number of aromatic hydroxyl groups is 1. The Balaban J connectivity index is 1.70. The fourth-order valence-corrected chi connectivity index (χ4v) is 3.83. The molecule has 31 heavy (non-hydrogen) atoms. The smallest absolute Gasteiger partial charge is 0.270 e. The lowest BCUT2D eigenvalue weighted by Crippen LogP contribution is -2.00. The molecular weight excluding hydrogens is 418 g/mol. The third-order valence-corrected chi connectivity index (χ3v) is 5.46. The highest BCUT2D eigenvalue weighted by atomic mass is 32.2. The van der Waals surface area contributed by atoms with E-state index in [9.17, 15) is 15.2 Å². The van der Waals surface area contributed by atoms with E-state index in [-0.39, 0.29) is 11.4 Å². The van der Waals surface area contributed by atoms with Crippen molar-refractivity contribution in [3.05, 3.63) is 76.5 Å². The lowest BCUT2D eigenvalue weighted by Gasteiger charge is -2.08. The Morgan fingerprint density at radius 2 is 2.03 bits per heavy atom. The fraction of sp³-hybridized carbons (Fsp3) is 0.0952. The lowest BCUT2D eigenvalue weighted by atomic mass is 10.2. The molecule has 0 amide bonds. The Hall–Kier alpha value is -3.92. The molecule has 2 aromatic carbocycles. The van der Waals surface area contributed by atoms with Gasteiger partial charge >= 0.3 is 0 Å². The van der Waals surface area contributed by atoms with Crippen LogP contribution in [0.1, 0.15) is 12.5 Å². The third kappa shape index (κ3) is 4.48. The molecule has 2 heterocycles. The van der Waals surface area contributed by atoms with E-state index in [4.69, 9.17) is 4.42 Å². The summed E-state index contributed by atoms with van der Waals surface area (Å²) < 4.78 is 7.35. The Labute approximate surface area is 181 Å². The van der Waals surface area contributed by atoms with E-state index in [1.165, 1.54) is 36.0 Å². The monoisotopic (exact) mass is 435 g/mol. The molecule has 9 nitrogen and oxygen atoms in total. The molecule has 156 valence electrons. The number of nitrogens with zero attached hydrogens (tertiary/aromatic N) is 5. The SMILES string of the molecule is CCn1c(Sc2ccc([N+](=O)[O-])cc2C=Nc2ccc(O)cc2)nnc1-c1ccco1. The highest BCUT2D eigenvalue weighted by molar-refractivity contribution is 7.99. The second-order valence-electron chi connectivity index (χ2n) is 6.38. The number of hydrogen-bond donors (Lipinski definition) is 1. The van der Waals surface area contributed by atoms with Crippen LogP contribution in [0.5, 0.6) is 5.75 Å². The summed E-state index contributed by atoms with van der Waals surface area (Å²) in [6, 6.07) is 14.5. The first kappa shape index (κ1) is 20.4. The van der Waals surface area contributed by atoms with E-state index in [0.717, 1.165) is 4.90 Å². The van der Waals surface area contributed by atoms with Crippen molar-refractivity contribution in [3.8, 4) is 17.3 Å². The highest BCUT2D eigenvalue weighted by Gasteiger charge is 2.18. The average molecular weight is 435 g/mol. The van der Waals surface area contributed by atoms with Gasteiger partial charge in [0.1, 0.15) is 5.75 Å². The van der Waals surface area contributed by atoms with Crippen molar-refractivity contribution in [2.75, 3.05) is 0 Å². The van der Waals surface area contributed by atoms with Crippen molar-refractivity contribution in [1.82, 2.24) is 14.8 Å². The zero-order valence-corrected chi connectivity index (χ0v) is 17.2. The van der Waals surface area contributed by atoms with Crippen LogP contribution in [0.25, 0.3) is 11.6 Å². The number of nitro benzene ring substituents is 1. The van der Waals surface area contributed by atoms with E-state index in [2.05, 4.69) is 15.2 Å². The van der Waals surface area contributed by atoms with Crippen molar-refractivity contribution in [3.63, 3.8) is 0 Å². The number of nitro groups is 1. The minimum Gasteiger partial charge on any atom is -0.508 e. The molecule has 2 aromatic heterocycles. The molecule has 1 N–H and O–H groups in total. The normalized spacial score (nSPS) is 11.3. The molecule has 4 aromatic rings. The van der Waals surface area contributed by atoms with Crippen LogP contribution in [0.2, 0.25) is 0 Å². The summed E-state index contributed by atoms with van der Waals surface area (Å²) >= 11 is 1.34. The summed E-state index contributed by atoms with van der Waals surface area (Å²) in [6.45, 7) is 2.60. The summed E-state index contributed by atoms with van der Waals surface area (Å²) in [4.78, 5) is 15.9. The number of benzene rings is 2. The second-order valence-corrected chi connectivity index (χ2v) is 7.39. The van der Waals surface area contributed by atoms with Gasteiger partial charge in [0, 0.05) is 35.4 Å². The van der Waals surface area contributed by atoms with Gasteiger partial charge in [0.25, 0.3) is 5.69 Å². The Morgan fingerprint density at radius 1 is 1.23 bits per heavy atom. The summed E-state index contributed by atoms with van der Waals surface area (Å²) in [5.74, 6) is 1.35. The number of phenolic OH excluding ortho intramolecular Hbond substituents is 1. The molecule has 0 fully saturated rings. The van der Waals surface area contributed by atoms with Gasteiger partial charge in [-0.1, -0.05) is 0 Å². The topological polar surface area (TPSA) is 120 Å². The zero-order valence-electron chi connectivity index (χ0n) is 16.4. The fourth-order valence-electron chi connectivity index (χ4n) is 2.86. The summed E-state index contributed by atoms with van der Waals surface area (Å²) in [7, 11) is 0. The molecular formula is C21H17N5O4S. The Morgan fingerprint density at radius 3 is 2.71 bits per heavy atom. The number of aliphatic imine (C=N–C) groups is 1. The number of non-ortho nitro benzene ring substituents is 1. The van der Waals surface area contributed by atoms with Crippen molar-refractivity contribution in [2.24, 2.45) is 4.99 Å². The number of rotatable bonds is 7. The van der Waals surface area contributed by atoms with Crippen LogP contribution in [0.15, 0.2) is 80.3 Å². The quantitative estimate of drug-likeness (QED) is 0.244. The summed E-state index contributed by atoms with van der Waals surface area (Å²) in [5.41, 5.74) is 1.14. The maximum Gasteiger partial charge on any atom is 0.270 e. The maximum absolute atomic E-state index is 11.3. The minimum atomic E-state index is -0.449. The number of furan rings is 1.